The predicted molar refractivity (Wildman–Crippen MR) is 82.0 cm³/mol. The normalized spacial score (nSPS) is 22.5. The lowest BCUT2D eigenvalue weighted by molar-refractivity contribution is -0.119. The van der Waals surface area contributed by atoms with Gasteiger partial charge in [0.2, 0.25) is 0 Å². The van der Waals surface area contributed by atoms with E-state index in [2.05, 4.69) is 10.5 Å². The first kappa shape index (κ1) is 16.7. The molecule has 7 nitrogen and oxygen atoms in total. The highest BCUT2D eigenvalue weighted by molar-refractivity contribution is 7.13. The van der Waals surface area contributed by atoms with Crippen molar-refractivity contribution in [1.82, 2.24) is 5.32 Å². The van der Waals surface area contributed by atoms with E-state index < -0.39 is 19.0 Å². The molecule has 0 saturated carbocycles. The van der Waals surface area contributed by atoms with Crippen LogP contribution < -0.4 is 5.32 Å². The summed E-state index contributed by atoms with van der Waals surface area (Å²) in [6.07, 6.45) is 0.958. The van der Waals surface area contributed by atoms with Crippen molar-refractivity contribution < 1.29 is 24.5 Å². The zero-order valence-electron chi connectivity index (χ0n) is 12.1. The Balaban J connectivity index is 1.94. The first-order chi connectivity index (χ1) is 10.5. The molecule has 0 spiro atoms. The molecule has 1 aromatic rings. The lowest BCUT2D eigenvalue weighted by Gasteiger charge is -2.31. The summed E-state index contributed by atoms with van der Waals surface area (Å²) in [4.78, 5) is 23.7. The summed E-state index contributed by atoms with van der Waals surface area (Å²) in [5, 5.41) is 26.3. The quantitative estimate of drug-likeness (QED) is 0.318. The Kier molecular flexibility index (Phi) is 5.70. The van der Waals surface area contributed by atoms with Crippen molar-refractivity contribution in [2.24, 2.45) is 5.16 Å². The Morgan fingerprint density at radius 1 is 1.55 bits per heavy atom. The van der Waals surface area contributed by atoms with Gasteiger partial charge in [-0.2, -0.15) is 0 Å². The van der Waals surface area contributed by atoms with Crippen LogP contribution in [0, 0.1) is 0 Å². The van der Waals surface area contributed by atoms with Crippen LogP contribution in [0.3, 0.4) is 0 Å². The van der Waals surface area contributed by atoms with Crippen molar-refractivity contribution in [3.8, 4) is 0 Å². The summed E-state index contributed by atoms with van der Waals surface area (Å²) >= 11 is 1.27. The third-order valence-electron chi connectivity index (χ3n) is 3.38. The topological polar surface area (TPSA) is 108 Å². The summed E-state index contributed by atoms with van der Waals surface area (Å²) < 4.78 is 5.33. The molecule has 0 aliphatic carbocycles. The Hall–Kier alpha value is -1.71. The molecule has 0 aromatic carbocycles. The van der Waals surface area contributed by atoms with Crippen molar-refractivity contribution in [3.63, 3.8) is 0 Å². The van der Waals surface area contributed by atoms with E-state index in [0.717, 1.165) is 0 Å². The Bertz CT molecular complexity index is 563. The number of nitrogens with zero attached hydrogens (tertiary/aromatic N) is 1. The second kappa shape index (κ2) is 7.53. The van der Waals surface area contributed by atoms with Gasteiger partial charge in [0.1, 0.15) is 5.78 Å². The maximum atomic E-state index is 12.1. The standard InChI is InChI=1S/C13H17BN2O5S/c1-8(17)7-9-4-5-11(14(19)21-9)15-13(18)12(16-20)10-3-2-6-22-10/h2-3,6,9,11,19-20H,4-5,7H2,1H3,(H,15,18)/b16-12+/t9-,11-/m0/s1. The molecule has 1 aliphatic heterocycles. The molecule has 0 bridgehead atoms. The van der Waals surface area contributed by atoms with Gasteiger partial charge in [0.25, 0.3) is 5.91 Å². The summed E-state index contributed by atoms with van der Waals surface area (Å²) in [5.74, 6) is -1.19. The fourth-order valence-corrected chi connectivity index (χ4v) is 3.05. The smallest absolute Gasteiger partial charge is 0.426 e. The van der Waals surface area contributed by atoms with E-state index in [0.29, 0.717) is 17.7 Å². The van der Waals surface area contributed by atoms with Crippen molar-refractivity contribution in [2.45, 2.75) is 38.2 Å². The second-order valence-electron chi connectivity index (χ2n) is 5.14. The minimum atomic E-state index is -1.19. The van der Waals surface area contributed by atoms with Gasteiger partial charge in [0.15, 0.2) is 5.71 Å². The third kappa shape index (κ3) is 4.15. The van der Waals surface area contributed by atoms with Gasteiger partial charge in [0, 0.05) is 12.5 Å². The molecule has 2 rings (SSSR count). The number of hydrogen-bond donors (Lipinski definition) is 3. The van der Waals surface area contributed by atoms with Gasteiger partial charge in [0.05, 0.1) is 10.8 Å². The van der Waals surface area contributed by atoms with Crippen molar-refractivity contribution >= 4 is 35.9 Å². The highest BCUT2D eigenvalue weighted by Crippen LogP contribution is 2.19. The van der Waals surface area contributed by atoms with Crippen molar-refractivity contribution in [3.05, 3.63) is 22.4 Å². The summed E-state index contributed by atoms with van der Waals surface area (Å²) in [5.41, 5.74) is -0.104. The molecule has 2 heterocycles. The fourth-order valence-electron chi connectivity index (χ4n) is 2.34. The summed E-state index contributed by atoms with van der Waals surface area (Å²) in [6.45, 7) is 1.47. The Morgan fingerprint density at radius 2 is 2.32 bits per heavy atom. The van der Waals surface area contributed by atoms with Gasteiger partial charge in [-0.15, -0.1) is 11.3 Å². The first-order valence-corrected chi connectivity index (χ1v) is 7.79. The van der Waals surface area contributed by atoms with Gasteiger partial charge < -0.3 is 20.2 Å². The number of oxime groups is 1. The molecule has 1 aliphatic rings. The molecular weight excluding hydrogens is 307 g/mol. The number of amides is 1. The van der Waals surface area contributed by atoms with Gasteiger partial charge in [-0.25, -0.2) is 0 Å². The molecule has 1 fully saturated rings. The molecule has 118 valence electrons. The van der Waals surface area contributed by atoms with E-state index >= 15 is 0 Å². The van der Waals surface area contributed by atoms with Crippen molar-refractivity contribution in [1.29, 1.82) is 0 Å². The van der Waals surface area contributed by atoms with Crippen LogP contribution in [0.1, 0.15) is 31.1 Å². The predicted octanol–water partition coefficient (Wildman–Crippen LogP) is 0.589. The molecule has 0 radical (unpaired) electrons. The molecule has 1 saturated heterocycles. The van der Waals surface area contributed by atoms with E-state index in [1.165, 1.54) is 18.3 Å². The fraction of sp³-hybridized carbons (Fsp3) is 0.462. The van der Waals surface area contributed by atoms with Gasteiger partial charge >= 0.3 is 7.12 Å². The summed E-state index contributed by atoms with van der Waals surface area (Å²) in [6, 6.07) is 3.40. The minimum Gasteiger partial charge on any atom is -0.426 e. The number of thiophene rings is 1. The lowest BCUT2D eigenvalue weighted by Crippen LogP contribution is -2.54. The number of Topliss-reactive ketones (excluding diaryl/α,β-unsaturated/α-hetero) is 1. The van der Waals surface area contributed by atoms with Gasteiger partial charge in [-0.1, -0.05) is 11.2 Å². The average Bonchev–Trinajstić information content (AvgIpc) is 2.96. The highest BCUT2D eigenvalue weighted by Gasteiger charge is 2.37. The van der Waals surface area contributed by atoms with E-state index in [9.17, 15) is 14.6 Å². The van der Waals surface area contributed by atoms with Gasteiger partial charge in [-0.05, 0) is 31.2 Å². The maximum absolute atomic E-state index is 12.1. The van der Waals surface area contributed by atoms with Gasteiger partial charge in [-0.3, -0.25) is 9.59 Å². The molecular formula is C13H17BN2O5S. The monoisotopic (exact) mass is 324 g/mol. The minimum absolute atomic E-state index is 0.00733. The molecule has 0 unspecified atom stereocenters. The third-order valence-corrected chi connectivity index (χ3v) is 4.25. The van der Waals surface area contributed by atoms with Crippen molar-refractivity contribution in [2.75, 3.05) is 0 Å². The second-order valence-corrected chi connectivity index (χ2v) is 6.09. The zero-order chi connectivity index (χ0) is 16.1. The van der Waals surface area contributed by atoms with Crippen LogP contribution in [0.5, 0.6) is 0 Å². The summed E-state index contributed by atoms with van der Waals surface area (Å²) in [7, 11) is -1.19. The van der Waals surface area contributed by atoms with Crippen LogP contribution in [0.4, 0.5) is 0 Å². The number of carbonyl (C=O) groups excluding carboxylic acids is 2. The van der Waals surface area contributed by atoms with Crippen LogP contribution >= 0.6 is 11.3 Å². The lowest BCUT2D eigenvalue weighted by atomic mass is 9.72. The zero-order valence-corrected chi connectivity index (χ0v) is 12.9. The number of rotatable bonds is 5. The number of carbonyl (C=O) groups is 2. The van der Waals surface area contributed by atoms with E-state index in [1.54, 1.807) is 17.5 Å². The molecule has 2 atom stereocenters. The number of nitrogens with one attached hydrogen (secondary N) is 1. The molecule has 1 amide bonds. The van der Waals surface area contributed by atoms with E-state index in [1.807, 2.05) is 0 Å². The van der Waals surface area contributed by atoms with E-state index in [-0.39, 0.29) is 24.0 Å². The Labute approximate surface area is 132 Å². The maximum Gasteiger partial charge on any atom is 0.478 e. The van der Waals surface area contributed by atoms with Crippen LogP contribution in [0.2, 0.25) is 0 Å². The number of hydrogen-bond acceptors (Lipinski definition) is 7. The van der Waals surface area contributed by atoms with Crippen LogP contribution in [0.15, 0.2) is 22.7 Å². The van der Waals surface area contributed by atoms with Crippen LogP contribution in [-0.2, 0) is 14.2 Å². The first-order valence-electron chi connectivity index (χ1n) is 6.91. The highest BCUT2D eigenvalue weighted by atomic mass is 32.1. The SMILES string of the molecule is CC(=O)C[C@@H]1CC[C@H](NC(=O)/C(=N/O)c2cccs2)B(O)O1. The molecule has 22 heavy (non-hydrogen) atoms. The molecule has 9 heteroatoms. The molecule has 3 N–H and O–H groups in total. The van der Waals surface area contributed by atoms with Crippen LogP contribution in [-0.4, -0.2) is 46.8 Å². The average molecular weight is 324 g/mol. The molecule has 1 aromatic heterocycles. The Morgan fingerprint density at radius 3 is 2.86 bits per heavy atom. The van der Waals surface area contributed by atoms with Crippen LogP contribution in [0.25, 0.3) is 0 Å². The largest absolute Gasteiger partial charge is 0.478 e. The van der Waals surface area contributed by atoms with E-state index in [4.69, 9.17) is 9.86 Å². The number of ketones is 1.